The molecule has 9 N–H and O–H groups in total. The van der Waals surface area contributed by atoms with Gasteiger partial charge in [0.1, 0.15) is 48.8 Å². The van der Waals surface area contributed by atoms with Crippen LogP contribution in [-0.2, 0) is 23.7 Å². The third-order valence-corrected chi connectivity index (χ3v) is 18.6. The molecule has 2 aliphatic rings. The van der Waals surface area contributed by atoms with Crippen LogP contribution in [0.1, 0.15) is 354 Å². The minimum absolute atomic E-state index is 0.198. The third-order valence-electron chi connectivity index (χ3n) is 18.6. The highest BCUT2D eigenvalue weighted by Crippen LogP contribution is 2.30. The Bertz CT molecular complexity index is 1430. The van der Waals surface area contributed by atoms with Crippen molar-refractivity contribution in [3.8, 4) is 0 Å². The first-order valence-electron chi connectivity index (χ1n) is 36.8. The Morgan fingerprint density at radius 2 is 0.671 bits per heavy atom. The predicted molar refractivity (Wildman–Crippen MR) is 346 cm³/mol. The number of rotatable bonds is 62. The molecule has 0 bridgehead atoms. The van der Waals surface area contributed by atoms with Gasteiger partial charge in [-0.3, -0.25) is 4.79 Å². The number of aliphatic hydroxyl groups excluding tert-OH is 8. The van der Waals surface area contributed by atoms with Gasteiger partial charge in [-0.05, 0) is 12.8 Å². The number of unbranched alkanes of at least 4 members (excludes halogenated alkanes) is 49. The predicted octanol–water partition coefficient (Wildman–Crippen LogP) is 15.2. The standard InChI is InChI=1S/C71H139NO13/c1-3-5-7-9-11-13-15-17-19-20-21-22-23-24-25-26-27-28-29-30-31-32-33-34-35-36-37-38-39-40-41-43-45-47-49-51-53-55-63(76)72-59(60(75)54-52-50-48-46-44-42-18-16-14-12-10-8-6-4-2)58-82-70-68(81)66(79)69(62(57-74)84-70)85-71-67(80)65(78)64(77)61(56-73)83-71/h59-62,64-71,73-75,77-81H,3-58H2,1-2H3,(H,72,76). The average molecular weight is 1210 g/mol. The van der Waals surface area contributed by atoms with E-state index in [-0.39, 0.29) is 12.5 Å². The lowest BCUT2D eigenvalue weighted by molar-refractivity contribution is -0.359. The smallest absolute Gasteiger partial charge is 0.220 e. The molecule has 2 heterocycles. The van der Waals surface area contributed by atoms with Crippen LogP contribution in [0.5, 0.6) is 0 Å². The topological polar surface area (TPSA) is 228 Å². The van der Waals surface area contributed by atoms with Gasteiger partial charge in [0.2, 0.25) is 5.91 Å². The summed E-state index contributed by atoms with van der Waals surface area (Å²) in [7, 11) is 0. The first-order chi connectivity index (χ1) is 41.6. The van der Waals surface area contributed by atoms with E-state index in [1.807, 2.05) is 0 Å². The van der Waals surface area contributed by atoms with Crippen molar-refractivity contribution in [3.63, 3.8) is 0 Å². The first-order valence-corrected chi connectivity index (χ1v) is 36.8. The number of carbonyl (C=O) groups excluding carboxylic acids is 1. The Morgan fingerprint density at radius 3 is 1.00 bits per heavy atom. The number of ether oxygens (including phenoxy) is 4. The monoisotopic (exact) mass is 1210 g/mol. The van der Waals surface area contributed by atoms with E-state index in [1.165, 1.54) is 276 Å². The Labute approximate surface area is 521 Å². The third kappa shape index (κ3) is 41.2. The summed E-state index contributed by atoms with van der Waals surface area (Å²) in [5.74, 6) is -0.198. The number of aliphatic hydroxyl groups is 8. The van der Waals surface area contributed by atoms with Crippen molar-refractivity contribution in [1.29, 1.82) is 0 Å². The lowest BCUT2D eigenvalue weighted by Gasteiger charge is -2.46. The zero-order valence-electron chi connectivity index (χ0n) is 55.1. The van der Waals surface area contributed by atoms with Crippen LogP contribution in [0, 0.1) is 0 Å². The molecule has 14 heteroatoms. The van der Waals surface area contributed by atoms with E-state index < -0.39 is 86.8 Å². The van der Waals surface area contributed by atoms with Crippen LogP contribution in [-0.4, -0.2) is 140 Å². The van der Waals surface area contributed by atoms with Crippen LogP contribution in [0.3, 0.4) is 0 Å². The summed E-state index contributed by atoms with van der Waals surface area (Å²) < 4.78 is 22.9. The summed E-state index contributed by atoms with van der Waals surface area (Å²) in [5, 5.41) is 87.5. The van der Waals surface area contributed by atoms with E-state index in [0.29, 0.717) is 12.8 Å². The fourth-order valence-corrected chi connectivity index (χ4v) is 12.7. The number of amides is 1. The summed E-state index contributed by atoms with van der Waals surface area (Å²) in [4.78, 5) is 13.3. The molecule has 0 saturated carbocycles. The summed E-state index contributed by atoms with van der Waals surface area (Å²) in [6.45, 7) is 2.91. The zero-order valence-corrected chi connectivity index (χ0v) is 55.1. The van der Waals surface area contributed by atoms with Gasteiger partial charge in [0.05, 0.1) is 32.0 Å². The maximum Gasteiger partial charge on any atom is 0.220 e. The molecule has 12 atom stereocenters. The van der Waals surface area contributed by atoms with E-state index >= 15 is 0 Å². The van der Waals surface area contributed by atoms with Crippen LogP contribution in [0.2, 0.25) is 0 Å². The summed E-state index contributed by atoms with van der Waals surface area (Å²) in [6, 6.07) is -0.823. The molecule has 85 heavy (non-hydrogen) atoms. The second kappa shape index (κ2) is 56.9. The van der Waals surface area contributed by atoms with E-state index in [2.05, 4.69) is 19.2 Å². The van der Waals surface area contributed by atoms with Gasteiger partial charge >= 0.3 is 0 Å². The molecule has 2 aliphatic heterocycles. The van der Waals surface area contributed by atoms with Gasteiger partial charge in [0.15, 0.2) is 12.6 Å². The van der Waals surface area contributed by atoms with Crippen molar-refractivity contribution in [3.05, 3.63) is 0 Å². The van der Waals surface area contributed by atoms with Crippen LogP contribution in [0.15, 0.2) is 0 Å². The van der Waals surface area contributed by atoms with Crippen LogP contribution >= 0.6 is 0 Å². The minimum Gasteiger partial charge on any atom is -0.394 e. The highest BCUT2D eigenvalue weighted by atomic mass is 16.7. The fourth-order valence-electron chi connectivity index (χ4n) is 12.7. The van der Waals surface area contributed by atoms with Gasteiger partial charge in [-0.2, -0.15) is 0 Å². The van der Waals surface area contributed by atoms with Crippen molar-refractivity contribution < 1.29 is 64.6 Å². The van der Waals surface area contributed by atoms with Crippen molar-refractivity contribution in [2.24, 2.45) is 0 Å². The fraction of sp³-hybridized carbons (Fsp3) is 0.986. The molecule has 0 aromatic heterocycles. The molecule has 1 amide bonds. The first kappa shape index (κ1) is 80.1. The van der Waals surface area contributed by atoms with Gasteiger partial charge in [-0.25, -0.2) is 0 Å². The molecule has 2 saturated heterocycles. The number of hydrogen-bond donors (Lipinski definition) is 9. The molecule has 0 aromatic carbocycles. The Kier molecular flexibility index (Phi) is 53.6. The zero-order chi connectivity index (χ0) is 61.6. The summed E-state index contributed by atoms with van der Waals surface area (Å²) in [5.41, 5.74) is 0. The molecule has 14 nitrogen and oxygen atoms in total. The van der Waals surface area contributed by atoms with Crippen LogP contribution in [0.25, 0.3) is 0 Å². The molecular formula is C71H139NO13. The maximum atomic E-state index is 13.3. The number of hydrogen-bond acceptors (Lipinski definition) is 13. The van der Waals surface area contributed by atoms with Crippen molar-refractivity contribution in [2.45, 2.75) is 428 Å². The Balaban J connectivity index is 1.54. The molecule has 0 spiro atoms. The number of nitrogens with one attached hydrogen (secondary N) is 1. The molecule has 506 valence electrons. The highest BCUT2D eigenvalue weighted by Gasteiger charge is 2.51. The van der Waals surface area contributed by atoms with Crippen molar-refractivity contribution in [1.82, 2.24) is 5.32 Å². The SMILES string of the molecule is CCCCCCCCCCCCCCCCCCCCCCCCCCCCCCCCCCCCCCCC(=O)NC(COC1OC(CO)C(OC2OC(CO)C(O)C(O)C2O)C(O)C1O)C(O)CCCCCCCCCCCCCCCC. The molecule has 0 aliphatic carbocycles. The lowest BCUT2D eigenvalue weighted by Crippen LogP contribution is -2.65. The molecule has 2 rings (SSSR count). The molecule has 12 unspecified atom stereocenters. The highest BCUT2D eigenvalue weighted by molar-refractivity contribution is 5.76. The number of carbonyl (C=O) groups is 1. The van der Waals surface area contributed by atoms with Crippen molar-refractivity contribution in [2.75, 3.05) is 19.8 Å². The Morgan fingerprint density at radius 1 is 0.376 bits per heavy atom. The summed E-state index contributed by atoms with van der Waals surface area (Å²) in [6.07, 6.45) is 51.6. The molecule has 0 aromatic rings. The Hall–Kier alpha value is -1.01. The van der Waals surface area contributed by atoms with Crippen LogP contribution in [0.4, 0.5) is 0 Å². The molecule has 2 fully saturated rings. The largest absolute Gasteiger partial charge is 0.394 e. The maximum absolute atomic E-state index is 13.3. The molecular weight excluding hydrogens is 1070 g/mol. The van der Waals surface area contributed by atoms with E-state index in [9.17, 15) is 45.6 Å². The second-order valence-corrected chi connectivity index (χ2v) is 26.4. The second-order valence-electron chi connectivity index (χ2n) is 26.4. The van der Waals surface area contributed by atoms with Gasteiger partial charge in [-0.15, -0.1) is 0 Å². The molecule has 0 radical (unpaired) electrons. The normalized spacial score (nSPS) is 23.4. The average Bonchev–Trinajstić information content (AvgIpc) is 3.65. The van der Waals surface area contributed by atoms with Crippen LogP contribution < -0.4 is 5.32 Å². The van der Waals surface area contributed by atoms with Gasteiger partial charge in [0, 0.05) is 6.42 Å². The minimum atomic E-state index is -1.78. The van der Waals surface area contributed by atoms with Gasteiger partial charge in [-0.1, -0.05) is 335 Å². The quantitative estimate of drug-likeness (QED) is 0.0259. The van der Waals surface area contributed by atoms with E-state index in [4.69, 9.17) is 18.9 Å². The van der Waals surface area contributed by atoms with Gasteiger partial charge in [0.25, 0.3) is 0 Å². The van der Waals surface area contributed by atoms with E-state index in [0.717, 1.165) is 51.4 Å². The van der Waals surface area contributed by atoms with Gasteiger partial charge < -0.3 is 65.1 Å². The van der Waals surface area contributed by atoms with Crippen molar-refractivity contribution >= 4 is 5.91 Å². The lowest BCUT2D eigenvalue weighted by atomic mass is 9.97. The van der Waals surface area contributed by atoms with E-state index in [1.54, 1.807) is 0 Å². The summed E-state index contributed by atoms with van der Waals surface area (Å²) >= 11 is 0.